The van der Waals surface area contributed by atoms with Crippen LogP contribution in [0.5, 0.6) is 0 Å². The minimum atomic E-state index is 0.578. The molecule has 1 saturated heterocycles. The number of hydrogen-bond donors (Lipinski definition) is 1. The van der Waals surface area contributed by atoms with Gasteiger partial charge >= 0.3 is 0 Å². The zero-order valence-electron chi connectivity index (χ0n) is 12.7. The molecule has 1 unspecified atom stereocenters. The van der Waals surface area contributed by atoms with Gasteiger partial charge < -0.3 is 20.4 Å². The third-order valence-corrected chi connectivity index (χ3v) is 4.19. The highest BCUT2D eigenvalue weighted by Crippen LogP contribution is 2.24. The Bertz CT molecular complexity index is 305. The molecule has 2 aliphatic rings. The maximum absolute atomic E-state index is 6.01. The predicted molar refractivity (Wildman–Crippen MR) is 80.4 cm³/mol. The van der Waals surface area contributed by atoms with E-state index in [0.29, 0.717) is 17.9 Å². The molecule has 1 atom stereocenters. The minimum absolute atomic E-state index is 0.578. The van der Waals surface area contributed by atoms with Crippen LogP contribution in [-0.4, -0.2) is 80.1 Å². The number of piperazine rings is 1. The number of guanidine groups is 1. The Labute approximate surface area is 117 Å². The lowest BCUT2D eigenvalue weighted by atomic mass is 10.1. The summed E-state index contributed by atoms with van der Waals surface area (Å²) in [6.45, 7) is 8.98. The van der Waals surface area contributed by atoms with E-state index in [1.165, 1.54) is 39.0 Å². The molecule has 110 valence electrons. The lowest BCUT2D eigenvalue weighted by Gasteiger charge is -2.33. The van der Waals surface area contributed by atoms with Crippen LogP contribution in [0.3, 0.4) is 0 Å². The fourth-order valence-electron chi connectivity index (χ4n) is 2.54. The highest BCUT2D eigenvalue weighted by Gasteiger charge is 2.27. The summed E-state index contributed by atoms with van der Waals surface area (Å²) in [5.41, 5.74) is 6.01. The van der Waals surface area contributed by atoms with Gasteiger partial charge in [-0.05, 0) is 25.8 Å². The molecule has 19 heavy (non-hydrogen) atoms. The van der Waals surface area contributed by atoms with E-state index in [-0.39, 0.29) is 0 Å². The van der Waals surface area contributed by atoms with Crippen LogP contribution in [-0.2, 0) is 0 Å². The molecule has 5 heteroatoms. The number of aliphatic imine (C=N–C) groups is 1. The largest absolute Gasteiger partial charge is 0.370 e. The SMILES string of the molecule is CC(CN=C(N)N(C)C1CC1)CN1CCN(C)CC1. The Balaban J connectivity index is 1.68. The second-order valence-corrected chi connectivity index (χ2v) is 6.25. The minimum Gasteiger partial charge on any atom is -0.370 e. The Kier molecular flexibility index (Phi) is 5.05. The summed E-state index contributed by atoms with van der Waals surface area (Å²) in [6.07, 6.45) is 2.53. The molecule has 1 aliphatic carbocycles. The van der Waals surface area contributed by atoms with E-state index in [9.17, 15) is 0 Å². The van der Waals surface area contributed by atoms with Crippen molar-refractivity contribution in [2.45, 2.75) is 25.8 Å². The first-order valence-electron chi connectivity index (χ1n) is 7.50. The number of nitrogens with two attached hydrogens (primary N) is 1. The van der Waals surface area contributed by atoms with Gasteiger partial charge in [-0.25, -0.2) is 0 Å². The van der Waals surface area contributed by atoms with E-state index < -0.39 is 0 Å². The van der Waals surface area contributed by atoms with Crippen molar-refractivity contribution >= 4 is 5.96 Å². The molecular weight excluding hydrogens is 238 g/mol. The summed E-state index contributed by atoms with van der Waals surface area (Å²) in [6, 6.07) is 0.650. The van der Waals surface area contributed by atoms with Crippen LogP contribution >= 0.6 is 0 Å². The predicted octanol–water partition coefficient (Wildman–Crippen LogP) is 0.279. The Morgan fingerprint density at radius 1 is 1.32 bits per heavy atom. The number of rotatable bonds is 5. The van der Waals surface area contributed by atoms with E-state index in [1.54, 1.807) is 0 Å². The highest BCUT2D eigenvalue weighted by atomic mass is 15.3. The molecule has 0 bridgehead atoms. The average Bonchev–Trinajstić information content (AvgIpc) is 3.22. The van der Waals surface area contributed by atoms with Crippen LogP contribution in [0.2, 0.25) is 0 Å². The van der Waals surface area contributed by atoms with E-state index in [0.717, 1.165) is 13.1 Å². The van der Waals surface area contributed by atoms with Crippen LogP contribution in [0, 0.1) is 5.92 Å². The zero-order chi connectivity index (χ0) is 13.8. The van der Waals surface area contributed by atoms with Crippen molar-refractivity contribution in [2.75, 3.05) is 53.4 Å². The molecule has 0 amide bonds. The molecule has 0 radical (unpaired) electrons. The molecule has 1 saturated carbocycles. The lowest BCUT2D eigenvalue weighted by Crippen LogP contribution is -2.46. The zero-order valence-corrected chi connectivity index (χ0v) is 12.7. The van der Waals surface area contributed by atoms with Gasteiger partial charge in [-0.15, -0.1) is 0 Å². The average molecular weight is 267 g/mol. The maximum atomic E-state index is 6.01. The van der Waals surface area contributed by atoms with Gasteiger partial charge in [-0.2, -0.15) is 0 Å². The number of nitrogens with zero attached hydrogens (tertiary/aromatic N) is 4. The van der Waals surface area contributed by atoms with Crippen molar-refractivity contribution in [3.8, 4) is 0 Å². The second kappa shape index (κ2) is 6.57. The Hall–Kier alpha value is -0.810. The smallest absolute Gasteiger partial charge is 0.191 e. The van der Waals surface area contributed by atoms with E-state index in [2.05, 4.69) is 40.7 Å². The summed E-state index contributed by atoms with van der Waals surface area (Å²) >= 11 is 0. The first kappa shape index (κ1) is 14.6. The van der Waals surface area contributed by atoms with Gasteiger partial charge in [0.15, 0.2) is 5.96 Å². The molecule has 0 aromatic carbocycles. The van der Waals surface area contributed by atoms with Crippen LogP contribution in [0.25, 0.3) is 0 Å². The van der Waals surface area contributed by atoms with Gasteiger partial charge in [0.25, 0.3) is 0 Å². The van der Waals surface area contributed by atoms with Crippen molar-refractivity contribution in [3.05, 3.63) is 0 Å². The van der Waals surface area contributed by atoms with Crippen LogP contribution < -0.4 is 5.73 Å². The molecule has 5 nitrogen and oxygen atoms in total. The van der Waals surface area contributed by atoms with E-state index in [4.69, 9.17) is 5.73 Å². The van der Waals surface area contributed by atoms with Crippen LogP contribution in [0.4, 0.5) is 0 Å². The van der Waals surface area contributed by atoms with E-state index >= 15 is 0 Å². The lowest BCUT2D eigenvalue weighted by molar-refractivity contribution is 0.140. The Morgan fingerprint density at radius 3 is 2.53 bits per heavy atom. The fourth-order valence-corrected chi connectivity index (χ4v) is 2.54. The quantitative estimate of drug-likeness (QED) is 0.574. The molecule has 1 heterocycles. The molecule has 2 fully saturated rings. The van der Waals surface area contributed by atoms with Gasteiger partial charge in [0, 0.05) is 52.4 Å². The Morgan fingerprint density at radius 2 is 1.95 bits per heavy atom. The standard InChI is InChI=1S/C14H29N5/c1-12(11-19-8-6-17(2)7-9-19)10-16-14(15)18(3)13-4-5-13/h12-13H,4-11H2,1-3H3,(H2,15,16). The molecule has 2 rings (SSSR count). The third-order valence-electron chi connectivity index (χ3n) is 4.19. The van der Waals surface area contributed by atoms with Crippen molar-refractivity contribution in [1.82, 2.24) is 14.7 Å². The van der Waals surface area contributed by atoms with Gasteiger partial charge in [-0.3, -0.25) is 4.99 Å². The first-order valence-corrected chi connectivity index (χ1v) is 7.50. The van der Waals surface area contributed by atoms with Gasteiger partial charge in [0.05, 0.1) is 0 Å². The molecular formula is C14H29N5. The monoisotopic (exact) mass is 267 g/mol. The van der Waals surface area contributed by atoms with Gasteiger partial charge in [-0.1, -0.05) is 6.92 Å². The summed E-state index contributed by atoms with van der Waals surface area (Å²) < 4.78 is 0. The fraction of sp³-hybridized carbons (Fsp3) is 0.929. The molecule has 2 N–H and O–H groups in total. The maximum Gasteiger partial charge on any atom is 0.191 e. The van der Waals surface area contributed by atoms with Crippen molar-refractivity contribution in [2.24, 2.45) is 16.6 Å². The second-order valence-electron chi connectivity index (χ2n) is 6.25. The topological polar surface area (TPSA) is 48.1 Å². The van der Waals surface area contributed by atoms with Gasteiger partial charge in [0.1, 0.15) is 0 Å². The number of hydrogen-bond acceptors (Lipinski definition) is 3. The van der Waals surface area contributed by atoms with Crippen molar-refractivity contribution < 1.29 is 0 Å². The normalized spacial score (nSPS) is 24.5. The van der Waals surface area contributed by atoms with Crippen LogP contribution in [0.1, 0.15) is 19.8 Å². The van der Waals surface area contributed by atoms with Crippen molar-refractivity contribution in [3.63, 3.8) is 0 Å². The van der Waals surface area contributed by atoms with Gasteiger partial charge in [0.2, 0.25) is 0 Å². The summed E-state index contributed by atoms with van der Waals surface area (Å²) in [5.74, 6) is 1.29. The third kappa shape index (κ3) is 4.66. The summed E-state index contributed by atoms with van der Waals surface area (Å²) in [7, 11) is 4.25. The summed E-state index contributed by atoms with van der Waals surface area (Å²) in [4.78, 5) is 11.6. The first-order chi connectivity index (χ1) is 9.06. The van der Waals surface area contributed by atoms with Crippen molar-refractivity contribution in [1.29, 1.82) is 0 Å². The molecule has 0 spiro atoms. The number of likely N-dealkylation sites (N-methyl/N-ethyl adjacent to an activating group) is 1. The molecule has 0 aromatic heterocycles. The highest BCUT2D eigenvalue weighted by molar-refractivity contribution is 5.78. The van der Waals surface area contributed by atoms with Crippen LogP contribution in [0.15, 0.2) is 4.99 Å². The summed E-state index contributed by atoms with van der Waals surface area (Å²) in [5, 5.41) is 0. The van der Waals surface area contributed by atoms with E-state index in [1.807, 2.05) is 0 Å². The molecule has 0 aromatic rings. The molecule has 1 aliphatic heterocycles.